The van der Waals surface area contributed by atoms with Gasteiger partial charge in [-0.25, -0.2) is 9.59 Å². The summed E-state index contributed by atoms with van der Waals surface area (Å²) >= 11 is 0. The van der Waals surface area contributed by atoms with Crippen LogP contribution in [0.5, 0.6) is 0 Å². The summed E-state index contributed by atoms with van der Waals surface area (Å²) in [6, 6.07) is 30.6. The van der Waals surface area contributed by atoms with E-state index in [0.717, 1.165) is 27.6 Å². The molecule has 1 fully saturated rings. The van der Waals surface area contributed by atoms with Gasteiger partial charge in [0, 0.05) is 23.4 Å². The van der Waals surface area contributed by atoms with Gasteiger partial charge < -0.3 is 19.9 Å². The third-order valence-electron chi connectivity index (χ3n) is 7.13. The highest BCUT2D eigenvalue weighted by Gasteiger charge is 2.75. The van der Waals surface area contributed by atoms with Gasteiger partial charge in [0.15, 0.2) is 0 Å². The lowest BCUT2D eigenvalue weighted by molar-refractivity contribution is -0.161. The average molecular weight is 527 g/mol. The summed E-state index contributed by atoms with van der Waals surface area (Å²) < 4.78 is 19.6. The van der Waals surface area contributed by atoms with Gasteiger partial charge in [-0.2, -0.15) is 0 Å². The predicted molar refractivity (Wildman–Crippen MR) is 153 cm³/mol. The molecule has 38 heavy (non-hydrogen) atoms. The zero-order valence-corrected chi connectivity index (χ0v) is 22.4. The maximum atomic E-state index is 14.3. The van der Waals surface area contributed by atoms with Gasteiger partial charge in [0.1, 0.15) is 13.2 Å². The number of ether oxygens (including phenoxy) is 1. The van der Waals surface area contributed by atoms with Gasteiger partial charge in [-0.1, -0.05) is 85.8 Å². The van der Waals surface area contributed by atoms with Crippen molar-refractivity contribution in [2.75, 3.05) is 17.2 Å². The summed E-state index contributed by atoms with van der Waals surface area (Å²) in [6.45, 7) is 3.41. The fourth-order valence-corrected chi connectivity index (χ4v) is 8.78. The van der Waals surface area contributed by atoms with Crippen LogP contribution in [0.25, 0.3) is 21.9 Å². The molecule has 0 radical (unpaired) electrons. The third kappa shape index (κ3) is 4.44. The molecular formula is C31H31N2O4P. The van der Waals surface area contributed by atoms with Crippen molar-refractivity contribution >= 4 is 41.2 Å². The first kappa shape index (κ1) is 25.9. The summed E-state index contributed by atoms with van der Waals surface area (Å²) in [4.78, 5) is 28.1. The molecule has 3 atom stereocenters. The maximum Gasteiger partial charge on any atom is 0.348 e. The number of anilines is 2. The normalized spacial score (nSPS) is 21.0. The fraction of sp³-hybridized carbons (Fsp3) is 0.226. The van der Waals surface area contributed by atoms with E-state index in [1.807, 2.05) is 109 Å². The molecule has 5 rings (SSSR count). The second-order valence-corrected chi connectivity index (χ2v) is 13.1. The molecule has 0 aliphatic carbocycles. The highest BCUT2D eigenvalue weighted by Crippen LogP contribution is 2.79. The molecule has 0 bridgehead atoms. The molecule has 1 saturated heterocycles. The number of nitrogens with zero attached hydrogens (tertiary/aromatic N) is 1. The van der Waals surface area contributed by atoms with Gasteiger partial charge in [-0.05, 0) is 48.1 Å². The van der Waals surface area contributed by atoms with Crippen LogP contribution in [0.3, 0.4) is 0 Å². The van der Waals surface area contributed by atoms with Crippen LogP contribution < -0.4 is 10.6 Å². The minimum absolute atomic E-state index is 0.128. The van der Waals surface area contributed by atoms with E-state index < -0.39 is 30.4 Å². The molecule has 1 heterocycles. The van der Waals surface area contributed by atoms with Gasteiger partial charge in [-0.3, -0.25) is 0 Å². The molecule has 0 amide bonds. The van der Waals surface area contributed by atoms with Crippen LogP contribution in [0.15, 0.2) is 97.1 Å². The largest absolute Gasteiger partial charge is 0.390 e. The highest BCUT2D eigenvalue weighted by atomic mass is 31.2. The second kappa shape index (κ2) is 10.2. The lowest BCUT2D eigenvalue weighted by atomic mass is 10.0. The Labute approximate surface area is 222 Å². The van der Waals surface area contributed by atoms with Gasteiger partial charge in [0.2, 0.25) is 5.28 Å². The first-order valence-electron chi connectivity index (χ1n) is 12.8. The molecule has 194 valence electrons. The Morgan fingerprint density at radius 1 is 0.921 bits per heavy atom. The SMILES string of the molecule is CCCP1(=O)C[C@@]1(C(=O)OC(=O)[C@H](C)N)N(c1ccc(-c2ccccc2)cc1)c1cccc2ccccc12. The lowest BCUT2D eigenvalue weighted by Crippen LogP contribution is -2.45. The van der Waals surface area contributed by atoms with Crippen molar-refractivity contribution < 1.29 is 18.9 Å². The van der Waals surface area contributed by atoms with E-state index in [1.54, 1.807) is 0 Å². The van der Waals surface area contributed by atoms with E-state index in [4.69, 9.17) is 10.5 Å². The molecule has 0 spiro atoms. The predicted octanol–water partition coefficient (Wildman–Crippen LogP) is 6.54. The van der Waals surface area contributed by atoms with E-state index in [0.29, 0.717) is 18.3 Å². The van der Waals surface area contributed by atoms with Crippen molar-refractivity contribution in [3.05, 3.63) is 97.1 Å². The Balaban J connectivity index is 1.70. The summed E-state index contributed by atoms with van der Waals surface area (Å²) in [5, 5.41) is 0.395. The van der Waals surface area contributed by atoms with Crippen molar-refractivity contribution in [1.29, 1.82) is 0 Å². The minimum atomic E-state index is -3.08. The number of carbonyl (C=O) groups is 2. The number of hydrogen-bond donors (Lipinski definition) is 1. The number of hydrogen-bond acceptors (Lipinski definition) is 6. The maximum absolute atomic E-state index is 14.3. The monoisotopic (exact) mass is 526 g/mol. The van der Waals surface area contributed by atoms with Gasteiger partial charge in [-0.15, -0.1) is 0 Å². The average Bonchev–Trinajstić information content (AvgIpc) is 3.55. The van der Waals surface area contributed by atoms with Crippen LogP contribution in [0.2, 0.25) is 0 Å². The van der Waals surface area contributed by atoms with Gasteiger partial charge in [0.25, 0.3) is 0 Å². The number of nitrogens with two attached hydrogens (primary N) is 1. The quantitative estimate of drug-likeness (QED) is 0.159. The Bertz CT molecular complexity index is 1530. The molecule has 2 N–H and O–H groups in total. The number of benzene rings is 4. The molecule has 1 aliphatic heterocycles. The third-order valence-corrected chi connectivity index (χ3v) is 10.8. The van der Waals surface area contributed by atoms with E-state index in [9.17, 15) is 14.2 Å². The Morgan fingerprint density at radius 3 is 2.24 bits per heavy atom. The fourth-order valence-electron chi connectivity index (χ4n) is 5.18. The summed E-state index contributed by atoms with van der Waals surface area (Å²) in [6.07, 6.45) is 1.14. The lowest BCUT2D eigenvalue weighted by Gasteiger charge is -2.34. The van der Waals surface area contributed by atoms with Crippen molar-refractivity contribution in [3.8, 4) is 11.1 Å². The molecule has 7 heteroatoms. The Kier molecular flexibility index (Phi) is 6.95. The first-order chi connectivity index (χ1) is 18.3. The number of rotatable bonds is 8. The zero-order chi connectivity index (χ0) is 26.9. The van der Waals surface area contributed by atoms with Crippen molar-refractivity contribution in [3.63, 3.8) is 0 Å². The summed E-state index contributed by atoms with van der Waals surface area (Å²) in [7, 11) is -3.08. The molecular weight excluding hydrogens is 495 g/mol. The van der Waals surface area contributed by atoms with Crippen molar-refractivity contribution in [1.82, 2.24) is 0 Å². The van der Waals surface area contributed by atoms with Crippen molar-refractivity contribution in [2.45, 2.75) is 31.6 Å². The summed E-state index contributed by atoms with van der Waals surface area (Å²) in [5.41, 5.74) is 9.22. The smallest absolute Gasteiger partial charge is 0.348 e. The zero-order valence-electron chi connectivity index (χ0n) is 21.5. The molecule has 4 aromatic rings. The van der Waals surface area contributed by atoms with Crippen LogP contribution in [-0.2, 0) is 18.9 Å². The second-order valence-electron chi connectivity index (χ2n) is 9.83. The minimum Gasteiger partial charge on any atom is -0.390 e. The molecule has 1 unspecified atom stereocenters. The molecule has 0 aromatic heterocycles. The van der Waals surface area contributed by atoms with Crippen LogP contribution >= 0.6 is 7.14 Å². The van der Waals surface area contributed by atoms with Crippen LogP contribution in [0, 0.1) is 0 Å². The van der Waals surface area contributed by atoms with E-state index in [1.165, 1.54) is 6.92 Å². The Hall–Kier alpha value is -3.73. The van der Waals surface area contributed by atoms with Gasteiger partial charge in [0.05, 0.1) is 5.69 Å². The van der Waals surface area contributed by atoms with E-state index in [-0.39, 0.29) is 6.16 Å². The number of carbonyl (C=O) groups excluding carboxylic acids is 2. The Morgan fingerprint density at radius 2 is 1.55 bits per heavy atom. The summed E-state index contributed by atoms with van der Waals surface area (Å²) in [5.74, 6) is -1.64. The highest BCUT2D eigenvalue weighted by molar-refractivity contribution is 7.75. The van der Waals surface area contributed by atoms with Crippen LogP contribution in [0.4, 0.5) is 11.4 Å². The first-order valence-corrected chi connectivity index (χ1v) is 14.9. The topological polar surface area (TPSA) is 89.7 Å². The van der Waals surface area contributed by atoms with E-state index in [2.05, 4.69) is 0 Å². The molecule has 1 aliphatic rings. The molecule has 4 aromatic carbocycles. The van der Waals surface area contributed by atoms with Crippen molar-refractivity contribution in [2.24, 2.45) is 5.73 Å². The van der Waals surface area contributed by atoms with Gasteiger partial charge >= 0.3 is 11.9 Å². The van der Waals surface area contributed by atoms with E-state index >= 15 is 0 Å². The molecule has 6 nitrogen and oxygen atoms in total. The number of esters is 2. The molecule has 0 saturated carbocycles. The van der Waals surface area contributed by atoms with Crippen LogP contribution in [-0.4, -0.2) is 35.6 Å². The number of fused-ring (bicyclic) bond motifs is 1. The van der Waals surface area contributed by atoms with Crippen LogP contribution in [0.1, 0.15) is 20.3 Å². The standard InChI is InChI=1S/C31H31N2O4P/c1-3-20-38(36)21-31(38,30(35)37-29(34)22(2)32)33(28-15-9-13-25-12-7-8-14-27(25)28)26-18-16-24(17-19-26)23-10-5-4-6-11-23/h4-19,22H,3,20-21,32H2,1-2H3/t22-,31+,38?/m0/s1.